The Morgan fingerprint density at radius 1 is 1.37 bits per heavy atom. The first kappa shape index (κ1) is 13.1. The maximum Gasteiger partial charge on any atom is 0.273 e. The highest BCUT2D eigenvalue weighted by molar-refractivity contribution is 6.03. The maximum atomic E-state index is 12.1. The number of aryl methyl sites for hydroxylation is 2. The van der Waals surface area contributed by atoms with Gasteiger partial charge in [0, 0.05) is 12.7 Å². The third-order valence-corrected chi connectivity index (χ3v) is 2.66. The van der Waals surface area contributed by atoms with Crippen molar-refractivity contribution in [3.8, 4) is 5.75 Å². The Balaban J connectivity index is 2.08. The molecular weight excluding hydrogens is 242 g/mol. The Morgan fingerprint density at radius 3 is 2.58 bits per heavy atom. The molecule has 0 aliphatic heterocycles. The van der Waals surface area contributed by atoms with E-state index < -0.39 is 0 Å². The summed E-state index contributed by atoms with van der Waals surface area (Å²) in [5.41, 5.74) is 2.08. The molecule has 0 saturated heterocycles. The average molecular weight is 259 g/mol. The smallest absolute Gasteiger partial charge is 0.273 e. The van der Waals surface area contributed by atoms with Crippen molar-refractivity contribution in [1.82, 2.24) is 9.78 Å². The van der Waals surface area contributed by atoms with Crippen molar-refractivity contribution in [3.05, 3.63) is 41.7 Å². The van der Waals surface area contributed by atoms with E-state index in [1.807, 2.05) is 38.1 Å². The number of nitrogens with one attached hydrogen (secondary N) is 1. The molecule has 19 heavy (non-hydrogen) atoms. The number of hydrogen-bond donors (Lipinski definition) is 1. The second-order valence-electron chi connectivity index (χ2n) is 4.21. The summed E-state index contributed by atoms with van der Waals surface area (Å²) in [4.78, 5) is 12.1. The van der Waals surface area contributed by atoms with Crippen LogP contribution in [0, 0.1) is 6.92 Å². The molecule has 0 fully saturated rings. The van der Waals surface area contributed by atoms with Crippen LogP contribution in [0.3, 0.4) is 0 Å². The van der Waals surface area contributed by atoms with Crippen molar-refractivity contribution in [3.63, 3.8) is 0 Å². The SMILES string of the molecule is CCOc1ccc(NC(=O)c2cc(C)nn2C)cc1. The summed E-state index contributed by atoms with van der Waals surface area (Å²) in [6.45, 7) is 4.41. The van der Waals surface area contributed by atoms with Crippen LogP contribution < -0.4 is 10.1 Å². The quantitative estimate of drug-likeness (QED) is 0.917. The minimum atomic E-state index is -0.174. The van der Waals surface area contributed by atoms with Crippen LogP contribution in [0.1, 0.15) is 23.1 Å². The van der Waals surface area contributed by atoms with Crippen molar-refractivity contribution < 1.29 is 9.53 Å². The molecule has 0 unspecified atom stereocenters. The molecule has 5 heteroatoms. The van der Waals surface area contributed by atoms with E-state index in [2.05, 4.69) is 10.4 Å². The molecule has 1 amide bonds. The van der Waals surface area contributed by atoms with Gasteiger partial charge in [-0.05, 0) is 44.2 Å². The summed E-state index contributed by atoms with van der Waals surface area (Å²) in [7, 11) is 1.75. The molecule has 1 N–H and O–H groups in total. The van der Waals surface area contributed by atoms with Gasteiger partial charge in [-0.1, -0.05) is 0 Å². The van der Waals surface area contributed by atoms with Crippen molar-refractivity contribution in [2.45, 2.75) is 13.8 Å². The van der Waals surface area contributed by atoms with E-state index in [4.69, 9.17) is 4.74 Å². The van der Waals surface area contributed by atoms with Gasteiger partial charge in [0.25, 0.3) is 5.91 Å². The lowest BCUT2D eigenvalue weighted by Crippen LogP contribution is -2.15. The van der Waals surface area contributed by atoms with E-state index in [-0.39, 0.29) is 5.91 Å². The lowest BCUT2D eigenvalue weighted by molar-refractivity contribution is 0.101. The first-order valence-electron chi connectivity index (χ1n) is 6.15. The number of aromatic nitrogens is 2. The molecule has 0 spiro atoms. The number of amides is 1. The number of anilines is 1. The Labute approximate surface area is 112 Å². The third kappa shape index (κ3) is 3.13. The van der Waals surface area contributed by atoms with Gasteiger partial charge in [-0.25, -0.2) is 0 Å². The molecule has 0 aliphatic rings. The van der Waals surface area contributed by atoms with E-state index in [0.29, 0.717) is 12.3 Å². The van der Waals surface area contributed by atoms with Crippen LogP contribution in [0.5, 0.6) is 5.75 Å². The average Bonchev–Trinajstić information content (AvgIpc) is 2.71. The van der Waals surface area contributed by atoms with Crippen LogP contribution in [0.2, 0.25) is 0 Å². The van der Waals surface area contributed by atoms with Gasteiger partial charge in [-0.15, -0.1) is 0 Å². The highest BCUT2D eigenvalue weighted by Gasteiger charge is 2.11. The van der Waals surface area contributed by atoms with E-state index in [1.54, 1.807) is 17.8 Å². The predicted octanol–water partition coefficient (Wildman–Crippen LogP) is 2.38. The minimum absolute atomic E-state index is 0.174. The number of carbonyl (C=O) groups is 1. The van der Waals surface area contributed by atoms with Gasteiger partial charge in [0.1, 0.15) is 11.4 Å². The Hall–Kier alpha value is -2.30. The van der Waals surface area contributed by atoms with Gasteiger partial charge < -0.3 is 10.1 Å². The third-order valence-electron chi connectivity index (χ3n) is 2.66. The van der Waals surface area contributed by atoms with Crippen LogP contribution in [0.4, 0.5) is 5.69 Å². The summed E-state index contributed by atoms with van der Waals surface area (Å²) in [5.74, 6) is 0.615. The summed E-state index contributed by atoms with van der Waals surface area (Å²) >= 11 is 0. The molecule has 0 aliphatic carbocycles. The van der Waals surface area contributed by atoms with Gasteiger partial charge in [-0.2, -0.15) is 5.10 Å². The number of rotatable bonds is 4. The van der Waals surface area contributed by atoms with Crippen molar-refractivity contribution in [1.29, 1.82) is 0 Å². The molecule has 1 heterocycles. The number of hydrogen-bond acceptors (Lipinski definition) is 3. The fourth-order valence-electron chi connectivity index (χ4n) is 1.82. The predicted molar refractivity (Wildman–Crippen MR) is 73.5 cm³/mol. The molecular formula is C14H17N3O2. The van der Waals surface area contributed by atoms with E-state index in [0.717, 1.165) is 17.1 Å². The number of ether oxygens (including phenoxy) is 1. The zero-order chi connectivity index (χ0) is 13.8. The van der Waals surface area contributed by atoms with Crippen LogP contribution in [0.15, 0.2) is 30.3 Å². The summed E-state index contributed by atoms with van der Waals surface area (Å²) < 4.78 is 6.91. The summed E-state index contributed by atoms with van der Waals surface area (Å²) in [6.07, 6.45) is 0. The van der Waals surface area contributed by atoms with Crippen LogP contribution in [0.25, 0.3) is 0 Å². The second kappa shape index (κ2) is 5.56. The molecule has 1 aromatic heterocycles. The van der Waals surface area contributed by atoms with Crippen molar-refractivity contribution in [2.24, 2.45) is 7.05 Å². The monoisotopic (exact) mass is 259 g/mol. The molecule has 0 bridgehead atoms. The fraction of sp³-hybridized carbons (Fsp3) is 0.286. The van der Waals surface area contributed by atoms with Crippen LogP contribution >= 0.6 is 0 Å². The lowest BCUT2D eigenvalue weighted by atomic mass is 10.3. The lowest BCUT2D eigenvalue weighted by Gasteiger charge is -2.07. The first-order chi connectivity index (χ1) is 9.10. The Kier molecular flexibility index (Phi) is 3.85. The number of benzene rings is 1. The topological polar surface area (TPSA) is 56.1 Å². The second-order valence-corrected chi connectivity index (χ2v) is 4.21. The van der Waals surface area contributed by atoms with Gasteiger partial charge in [0.2, 0.25) is 0 Å². The van der Waals surface area contributed by atoms with Gasteiger partial charge in [0.05, 0.1) is 12.3 Å². The van der Waals surface area contributed by atoms with Gasteiger partial charge >= 0.3 is 0 Å². The summed E-state index contributed by atoms with van der Waals surface area (Å²) in [6, 6.07) is 9.03. The molecule has 5 nitrogen and oxygen atoms in total. The molecule has 100 valence electrons. The van der Waals surface area contributed by atoms with Crippen molar-refractivity contribution in [2.75, 3.05) is 11.9 Å². The van der Waals surface area contributed by atoms with Gasteiger partial charge in [-0.3, -0.25) is 9.48 Å². The molecule has 0 atom stereocenters. The Morgan fingerprint density at radius 2 is 2.05 bits per heavy atom. The van der Waals surface area contributed by atoms with Crippen LogP contribution in [-0.2, 0) is 7.05 Å². The largest absolute Gasteiger partial charge is 0.494 e. The van der Waals surface area contributed by atoms with E-state index in [1.165, 1.54) is 0 Å². The Bertz CT molecular complexity index is 573. The highest BCUT2D eigenvalue weighted by atomic mass is 16.5. The first-order valence-corrected chi connectivity index (χ1v) is 6.15. The maximum absolute atomic E-state index is 12.1. The molecule has 2 aromatic rings. The normalized spacial score (nSPS) is 10.3. The zero-order valence-corrected chi connectivity index (χ0v) is 11.3. The molecule has 0 saturated carbocycles. The van der Waals surface area contributed by atoms with Gasteiger partial charge in [0.15, 0.2) is 0 Å². The highest BCUT2D eigenvalue weighted by Crippen LogP contribution is 2.16. The molecule has 2 rings (SSSR count). The number of carbonyl (C=O) groups excluding carboxylic acids is 1. The number of nitrogens with zero attached hydrogens (tertiary/aromatic N) is 2. The molecule has 0 radical (unpaired) electrons. The van der Waals surface area contributed by atoms with Crippen molar-refractivity contribution >= 4 is 11.6 Å². The molecule has 1 aromatic carbocycles. The van der Waals surface area contributed by atoms with Crippen LogP contribution in [-0.4, -0.2) is 22.3 Å². The van der Waals surface area contributed by atoms with E-state index >= 15 is 0 Å². The zero-order valence-electron chi connectivity index (χ0n) is 11.3. The fourth-order valence-corrected chi connectivity index (χ4v) is 1.82. The van der Waals surface area contributed by atoms with E-state index in [9.17, 15) is 4.79 Å². The summed E-state index contributed by atoms with van der Waals surface area (Å²) in [5, 5.41) is 6.97. The minimum Gasteiger partial charge on any atom is -0.494 e. The standard InChI is InChI=1S/C14H17N3O2/c1-4-19-12-7-5-11(6-8-12)15-14(18)13-9-10(2)16-17(13)3/h5-9H,4H2,1-3H3,(H,15,18).